The Morgan fingerprint density at radius 2 is 1.79 bits per heavy atom. The van der Waals surface area contributed by atoms with E-state index in [4.69, 9.17) is 21.1 Å². The second kappa shape index (κ2) is 15.2. The van der Waals surface area contributed by atoms with Gasteiger partial charge >= 0.3 is 7.12 Å². The van der Waals surface area contributed by atoms with E-state index >= 15 is 4.39 Å². The Hall–Kier alpha value is -4.37. The van der Waals surface area contributed by atoms with E-state index in [9.17, 15) is 15.3 Å². The van der Waals surface area contributed by atoms with Gasteiger partial charge in [-0.1, -0.05) is 66.2 Å². The summed E-state index contributed by atoms with van der Waals surface area (Å²) in [6.07, 6.45) is 4.87. The number of aromatic nitrogens is 1. The van der Waals surface area contributed by atoms with Crippen molar-refractivity contribution in [2.24, 2.45) is 0 Å². The van der Waals surface area contributed by atoms with Gasteiger partial charge in [-0.25, -0.2) is 4.39 Å². The van der Waals surface area contributed by atoms with Crippen molar-refractivity contribution < 1.29 is 23.9 Å². The monoisotopic (exact) mass is 679 g/mol. The van der Waals surface area contributed by atoms with Crippen molar-refractivity contribution in [1.82, 2.24) is 10.3 Å². The lowest BCUT2D eigenvalue weighted by Crippen LogP contribution is -2.29. The number of nitriles is 1. The molecule has 1 heterocycles. The topological polar surface area (TPSA) is 108 Å². The molecule has 0 saturated carbocycles. The van der Waals surface area contributed by atoms with Gasteiger partial charge in [-0.2, -0.15) is 5.26 Å². The lowest BCUT2D eigenvalue weighted by Gasteiger charge is -2.18. The minimum atomic E-state index is -1.51. The Morgan fingerprint density at radius 1 is 1.00 bits per heavy atom. The number of halogens is 2. The molecule has 1 aliphatic carbocycles. The van der Waals surface area contributed by atoms with Crippen LogP contribution in [0.15, 0.2) is 96.2 Å². The van der Waals surface area contributed by atoms with E-state index in [-0.39, 0.29) is 23.4 Å². The van der Waals surface area contributed by atoms with Crippen LogP contribution in [0.5, 0.6) is 11.5 Å². The zero-order chi connectivity index (χ0) is 33.6. The molecule has 6 rings (SSSR count). The fourth-order valence-electron chi connectivity index (χ4n) is 5.90. The van der Waals surface area contributed by atoms with Gasteiger partial charge in [-0.05, 0) is 64.8 Å². The molecule has 1 aromatic heterocycles. The van der Waals surface area contributed by atoms with E-state index in [1.54, 1.807) is 54.4 Å². The molecule has 0 bridgehead atoms. The summed E-state index contributed by atoms with van der Waals surface area (Å²) < 4.78 is 26.8. The van der Waals surface area contributed by atoms with Gasteiger partial charge < -0.3 is 24.8 Å². The molecule has 242 valence electrons. The number of nitrogens with zero attached hydrogens (tertiary/aromatic N) is 2. The van der Waals surface area contributed by atoms with Crippen molar-refractivity contribution in [2.75, 3.05) is 7.11 Å². The Labute approximate surface area is 288 Å². The standard InChI is InChI=1S/C37H32BClFN3O4S/c1-46-33-7-3-6-31(37(33)40)28-4-2-5-30-29(28)12-13-35(30)48-36-16-34(47-22-25-14-24(17-41)19-42-20-25)26(15-32(36)39)21-43-18-23-8-10-27(11-9-23)38(44)45/h2-11,14-16,19-20,35,43-45H,12-13,18,21-22H2,1H3/t35-/m0/s1. The summed E-state index contributed by atoms with van der Waals surface area (Å²) in [4.78, 5) is 5.02. The van der Waals surface area contributed by atoms with E-state index in [0.717, 1.165) is 51.1 Å². The SMILES string of the molecule is COc1cccc(-c2cccc3c2CC[C@@H]3Sc2cc(OCc3cncc(C#N)c3)c(CNCc3ccc(B(O)O)cc3)cc2Cl)c1F. The fraction of sp³-hybridized carbons (Fsp3) is 0.189. The number of rotatable bonds is 12. The summed E-state index contributed by atoms with van der Waals surface area (Å²) in [5.41, 5.74) is 7.18. The van der Waals surface area contributed by atoms with Crippen molar-refractivity contribution in [3.63, 3.8) is 0 Å². The van der Waals surface area contributed by atoms with Crippen LogP contribution in [0.2, 0.25) is 5.02 Å². The van der Waals surface area contributed by atoms with Crippen LogP contribution in [0.4, 0.5) is 4.39 Å². The van der Waals surface area contributed by atoms with E-state index in [0.29, 0.717) is 40.5 Å². The van der Waals surface area contributed by atoms with Gasteiger partial charge in [0.05, 0.1) is 17.7 Å². The molecule has 0 spiro atoms. The van der Waals surface area contributed by atoms with Crippen LogP contribution in [0.1, 0.15) is 45.1 Å². The molecule has 0 aliphatic heterocycles. The highest BCUT2D eigenvalue weighted by molar-refractivity contribution is 7.99. The van der Waals surface area contributed by atoms with Crippen molar-refractivity contribution in [3.8, 4) is 28.7 Å². The third-order valence-electron chi connectivity index (χ3n) is 8.31. The first kappa shape index (κ1) is 33.5. The number of benzene rings is 4. The second-order valence-corrected chi connectivity index (χ2v) is 13.1. The predicted octanol–water partition coefficient (Wildman–Crippen LogP) is 6.75. The number of thioether (sulfide) groups is 1. The minimum absolute atomic E-state index is 0.111. The zero-order valence-electron chi connectivity index (χ0n) is 26.1. The average molecular weight is 680 g/mol. The summed E-state index contributed by atoms with van der Waals surface area (Å²) in [5, 5.41) is 32.2. The van der Waals surface area contributed by atoms with E-state index < -0.39 is 7.12 Å². The number of hydrogen-bond acceptors (Lipinski definition) is 8. The number of nitrogens with one attached hydrogen (secondary N) is 1. The maximum absolute atomic E-state index is 15.3. The quantitative estimate of drug-likeness (QED) is 0.124. The molecule has 7 nitrogen and oxygen atoms in total. The van der Waals surface area contributed by atoms with Gasteiger partial charge in [0, 0.05) is 52.3 Å². The predicted molar refractivity (Wildman–Crippen MR) is 187 cm³/mol. The smallest absolute Gasteiger partial charge is 0.488 e. The number of pyridine rings is 1. The zero-order valence-corrected chi connectivity index (χ0v) is 27.7. The first-order valence-corrected chi connectivity index (χ1v) is 16.7. The van der Waals surface area contributed by atoms with Crippen LogP contribution in [0, 0.1) is 17.1 Å². The summed E-state index contributed by atoms with van der Waals surface area (Å²) in [5.74, 6) is 0.508. The summed E-state index contributed by atoms with van der Waals surface area (Å²) in [6, 6.07) is 26.1. The lowest BCUT2D eigenvalue weighted by molar-refractivity contribution is 0.301. The van der Waals surface area contributed by atoms with Gasteiger partial charge in [0.2, 0.25) is 0 Å². The average Bonchev–Trinajstić information content (AvgIpc) is 3.52. The van der Waals surface area contributed by atoms with E-state index in [1.165, 1.54) is 13.3 Å². The lowest BCUT2D eigenvalue weighted by atomic mass is 9.80. The molecule has 1 atom stereocenters. The summed E-state index contributed by atoms with van der Waals surface area (Å²) in [7, 11) is -0.0392. The van der Waals surface area contributed by atoms with Crippen LogP contribution < -0.4 is 20.3 Å². The molecule has 3 N–H and O–H groups in total. The Balaban J connectivity index is 1.25. The maximum atomic E-state index is 15.3. The Morgan fingerprint density at radius 3 is 2.56 bits per heavy atom. The number of hydrogen-bond donors (Lipinski definition) is 3. The molecule has 5 aromatic rings. The van der Waals surface area contributed by atoms with Gasteiger partial charge in [0.1, 0.15) is 18.4 Å². The van der Waals surface area contributed by atoms with E-state index in [1.807, 2.05) is 36.4 Å². The minimum Gasteiger partial charge on any atom is -0.494 e. The molecule has 0 unspecified atom stereocenters. The molecule has 0 saturated heterocycles. The van der Waals surface area contributed by atoms with Crippen LogP contribution in [-0.2, 0) is 26.1 Å². The maximum Gasteiger partial charge on any atom is 0.488 e. The highest BCUT2D eigenvalue weighted by Gasteiger charge is 2.28. The molecule has 1 aliphatic rings. The number of methoxy groups -OCH3 is 1. The highest BCUT2D eigenvalue weighted by atomic mass is 35.5. The third-order valence-corrected chi connectivity index (χ3v) is 10.1. The molecular weight excluding hydrogens is 648 g/mol. The first-order chi connectivity index (χ1) is 23.3. The van der Waals surface area contributed by atoms with Gasteiger partial charge in [0.15, 0.2) is 11.6 Å². The van der Waals surface area contributed by atoms with Crippen LogP contribution in [-0.4, -0.2) is 29.3 Å². The highest BCUT2D eigenvalue weighted by Crippen LogP contribution is 2.50. The van der Waals surface area contributed by atoms with Gasteiger partial charge in [0.25, 0.3) is 0 Å². The van der Waals surface area contributed by atoms with Crippen molar-refractivity contribution in [1.29, 1.82) is 5.26 Å². The normalized spacial score (nSPS) is 13.5. The summed E-state index contributed by atoms with van der Waals surface area (Å²) >= 11 is 8.59. The molecule has 4 aromatic carbocycles. The van der Waals surface area contributed by atoms with Gasteiger partial charge in [-0.3, -0.25) is 4.98 Å². The van der Waals surface area contributed by atoms with Crippen molar-refractivity contribution in [2.45, 2.75) is 42.7 Å². The van der Waals surface area contributed by atoms with Crippen LogP contribution >= 0.6 is 23.4 Å². The molecule has 11 heteroatoms. The van der Waals surface area contributed by atoms with Crippen molar-refractivity contribution >= 4 is 35.9 Å². The first-order valence-electron chi connectivity index (χ1n) is 15.4. The number of ether oxygens (including phenoxy) is 2. The van der Waals surface area contributed by atoms with Crippen LogP contribution in [0.25, 0.3) is 11.1 Å². The molecule has 0 fully saturated rings. The van der Waals surface area contributed by atoms with Crippen molar-refractivity contribution in [3.05, 3.63) is 135 Å². The van der Waals surface area contributed by atoms with Crippen LogP contribution in [0.3, 0.4) is 0 Å². The third kappa shape index (κ3) is 7.52. The Kier molecular flexibility index (Phi) is 10.6. The molecular formula is C37H32BClFN3O4S. The second-order valence-electron chi connectivity index (χ2n) is 11.4. The molecule has 0 radical (unpaired) electrons. The number of fused-ring (bicyclic) bond motifs is 1. The largest absolute Gasteiger partial charge is 0.494 e. The fourth-order valence-corrected chi connectivity index (χ4v) is 7.45. The Bertz CT molecular complexity index is 1970. The van der Waals surface area contributed by atoms with E-state index in [2.05, 4.69) is 22.4 Å². The van der Waals surface area contributed by atoms with Gasteiger partial charge in [-0.15, -0.1) is 11.8 Å². The molecule has 0 amide bonds. The molecule has 48 heavy (non-hydrogen) atoms. The summed E-state index contributed by atoms with van der Waals surface area (Å²) in [6.45, 7) is 1.22.